The van der Waals surface area contributed by atoms with Crippen molar-refractivity contribution in [2.75, 3.05) is 5.32 Å². The van der Waals surface area contributed by atoms with Gasteiger partial charge in [-0.2, -0.15) is 18.3 Å². The van der Waals surface area contributed by atoms with Gasteiger partial charge in [0.1, 0.15) is 11.6 Å². The minimum atomic E-state index is -4.87. The van der Waals surface area contributed by atoms with E-state index in [1.807, 2.05) is 0 Å². The molecule has 0 atom stereocenters. The number of rotatable bonds is 4. The molecule has 0 radical (unpaired) electrons. The third-order valence-corrected chi connectivity index (χ3v) is 4.00. The summed E-state index contributed by atoms with van der Waals surface area (Å²) in [5.74, 6) is -3.52. The lowest BCUT2D eigenvalue weighted by Gasteiger charge is -2.16. The molecule has 0 saturated carbocycles. The number of carbonyl (C=O) groups excluding carboxylic acids is 1. The Bertz CT molecular complexity index is 1180. The number of hydrogen-bond donors (Lipinski definition) is 3. The van der Waals surface area contributed by atoms with Gasteiger partial charge in [-0.1, -0.05) is 11.6 Å². The van der Waals surface area contributed by atoms with Crippen LogP contribution in [0.5, 0.6) is 17.2 Å². The predicted octanol–water partition coefficient (Wildman–Crippen LogP) is 4.33. The minimum Gasteiger partial charge on any atom is -0.504 e. The molecule has 0 aliphatic heterocycles. The van der Waals surface area contributed by atoms with Crippen LogP contribution in [0, 0.1) is 5.82 Å². The molecule has 1 heterocycles. The molecule has 2 aromatic carbocycles. The summed E-state index contributed by atoms with van der Waals surface area (Å²) < 4.78 is 58.1. The number of anilines is 1. The Hall–Kier alpha value is -3.60. The second-order valence-corrected chi connectivity index (χ2v) is 6.24. The maximum Gasteiger partial charge on any atom is 0.417 e. The van der Waals surface area contributed by atoms with Crippen molar-refractivity contribution in [1.82, 2.24) is 10.2 Å². The van der Waals surface area contributed by atoms with E-state index in [9.17, 15) is 32.3 Å². The third kappa shape index (κ3) is 4.69. The molecule has 0 fully saturated rings. The van der Waals surface area contributed by atoms with E-state index in [-0.39, 0.29) is 5.69 Å². The quantitative estimate of drug-likeness (QED) is 0.521. The Balaban J connectivity index is 2.07. The van der Waals surface area contributed by atoms with Gasteiger partial charge in [-0.3, -0.25) is 9.59 Å². The molecule has 30 heavy (non-hydrogen) atoms. The number of amides is 1. The number of hydrogen-bond acceptors (Lipinski definition) is 5. The standard InChI is InChI=1S/C18H10ClF4N3O4/c19-12-5-10(17(29)25-9-4-16(28)26-24-7-9)15(6-11(12)18(21,22)23)30-14-2-1-8(20)3-13(14)27/h1-7,27H,(H2,25,26,28,29). The van der Waals surface area contributed by atoms with Crippen LogP contribution in [0.1, 0.15) is 15.9 Å². The van der Waals surface area contributed by atoms with E-state index in [2.05, 4.69) is 15.5 Å². The SMILES string of the molecule is O=C(Nc1cn[nH]c(=O)c1)c1cc(Cl)c(C(F)(F)F)cc1Oc1ccc(F)cc1O. The van der Waals surface area contributed by atoms with Crippen molar-refractivity contribution < 1.29 is 32.2 Å². The van der Waals surface area contributed by atoms with E-state index < -0.39 is 56.9 Å². The van der Waals surface area contributed by atoms with Crippen LogP contribution < -0.4 is 15.6 Å². The molecule has 1 amide bonds. The lowest BCUT2D eigenvalue weighted by Crippen LogP contribution is -2.17. The Morgan fingerprint density at radius 3 is 2.53 bits per heavy atom. The van der Waals surface area contributed by atoms with Crippen molar-refractivity contribution in [3.8, 4) is 17.2 Å². The molecular weight excluding hydrogens is 434 g/mol. The summed E-state index contributed by atoms with van der Waals surface area (Å²) in [6, 6.07) is 4.72. The maximum atomic E-state index is 13.2. The first-order valence-corrected chi connectivity index (χ1v) is 8.35. The highest BCUT2D eigenvalue weighted by atomic mass is 35.5. The van der Waals surface area contributed by atoms with E-state index in [0.29, 0.717) is 12.1 Å². The highest BCUT2D eigenvalue weighted by molar-refractivity contribution is 6.32. The van der Waals surface area contributed by atoms with Crippen molar-refractivity contribution in [3.05, 3.63) is 74.9 Å². The number of aromatic nitrogens is 2. The molecule has 0 aliphatic carbocycles. The molecule has 0 unspecified atom stereocenters. The van der Waals surface area contributed by atoms with E-state index >= 15 is 0 Å². The van der Waals surface area contributed by atoms with Crippen LogP contribution >= 0.6 is 11.6 Å². The first-order valence-electron chi connectivity index (χ1n) is 7.98. The van der Waals surface area contributed by atoms with E-state index in [1.54, 1.807) is 0 Å². The fourth-order valence-corrected chi connectivity index (χ4v) is 2.64. The molecule has 3 rings (SSSR count). The number of H-pyrrole nitrogens is 1. The number of carbonyl (C=O) groups is 1. The van der Waals surface area contributed by atoms with Gasteiger partial charge in [-0.05, 0) is 24.3 Å². The Morgan fingerprint density at radius 2 is 1.90 bits per heavy atom. The summed E-state index contributed by atoms with van der Waals surface area (Å²) >= 11 is 5.69. The van der Waals surface area contributed by atoms with Crippen molar-refractivity contribution in [2.24, 2.45) is 0 Å². The van der Waals surface area contributed by atoms with Gasteiger partial charge < -0.3 is 15.2 Å². The molecule has 1 aromatic heterocycles. The molecule has 3 aromatic rings. The van der Waals surface area contributed by atoms with Crippen LogP contribution in [0.4, 0.5) is 23.2 Å². The highest BCUT2D eigenvalue weighted by Crippen LogP contribution is 2.41. The molecule has 0 aliphatic rings. The molecule has 0 spiro atoms. The summed E-state index contributed by atoms with van der Waals surface area (Å²) in [5, 5.41) is 16.8. The average Bonchev–Trinajstić information content (AvgIpc) is 2.64. The molecular formula is C18H10ClF4N3O4. The van der Waals surface area contributed by atoms with Crippen molar-refractivity contribution in [1.29, 1.82) is 0 Å². The van der Waals surface area contributed by atoms with Crippen LogP contribution in [-0.2, 0) is 6.18 Å². The van der Waals surface area contributed by atoms with Gasteiger partial charge in [0.05, 0.1) is 28.0 Å². The highest BCUT2D eigenvalue weighted by Gasteiger charge is 2.35. The first kappa shape index (κ1) is 21.1. The molecule has 3 N–H and O–H groups in total. The summed E-state index contributed by atoms with van der Waals surface area (Å²) in [4.78, 5) is 23.9. The van der Waals surface area contributed by atoms with E-state index in [4.69, 9.17) is 16.3 Å². The van der Waals surface area contributed by atoms with Crippen LogP contribution in [0.15, 0.2) is 47.4 Å². The maximum absolute atomic E-state index is 13.2. The fourth-order valence-electron chi connectivity index (χ4n) is 2.37. The predicted molar refractivity (Wildman–Crippen MR) is 97.4 cm³/mol. The third-order valence-electron chi connectivity index (χ3n) is 3.68. The fraction of sp³-hybridized carbons (Fsp3) is 0.0556. The average molecular weight is 444 g/mol. The molecule has 0 bridgehead atoms. The van der Waals surface area contributed by atoms with Crippen LogP contribution in [0.3, 0.4) is 0 Å². The minimum absolute atomic E-state index is 0.0460. The van der Waals surface area contributed by atoms with E-state index in [1.165, 1.54) is 0 Å². The van der Waals surface area contributed by atoms with Gasteiger partial charge in [0.2, 0.25) is 0 Å². The number of nitrogens with one attached hydrogen (secondary N) is 2. The number of phenolic OH excluding ortho intramolecular Hbond substituents is 1. The number of nitrogens with zero attached hydrogens (tertiary/aromatic N) is 1. The van der Waals surface area contributed by atoms with Gasteiger partial charge in [0.15, 0.2) is 11.5 Å². The molecule has 0 saturated heterocycles. The largest absolute Gasteiger partial charge is 0.504 e. The van der Waals surface area contributed by atoms with Gasteiger partial charge in [0.25, 0.3) is 11.5 Å². The van der Waals surface area contributed by atoms with Crippen molar-refractivity contribution >= 4 is 23.2 Å². The zero-order valence-electron chi connectivity index (χ0n) is 14.6. The second kappa shape index (κ2) is 8.03. The monoisotopic (exact) mass is 443 g/mol. The van der Waals surface area contributed by atoms with Crippen LogP contribution in [0.25, 0.3) is 0 Å². The number of alkyl halides is 3. The van der Waals surface area contributed by atoms with Crippen LogP contribution in [-0.4, -0.2) is 21.2 Å². The summed E-state index contributed by atoms with van der Waals surface area (Å²) in [7, 11) is 0. The zero-order chi connectivity index (χ0) is 22.1. The van der Waals surface area contributed by atoms with Gasteiger partial charge >= 0.3 is 6.18 Å². The smallest absolute Gasteiger partial charge is 0.417 e. The van der Waals surface area contributed by atoms with Gasteiger partial charge in [0, 0.05) is 12.1 Å². The molecule has 7 nitrogen and oxygen atoms in total. The van der Waals surface area contributed by atoms with E-state index in [0.717, 1.165) is 30.5 Å². The summed E-state index contributed by atoms with van der Waals surface area (Å²) in [6.45, 7) is 0. The van der Waals surface area contributed by atoms with Crippen molar-refractivity contribution in [2.45, 2.75) is 6.18 Å². The Morgan fingerprint density at radius 1 is 1.17 bits per heavy atom. The second-order valence-electron chi connectivity index (χ2n) is 5.83. The normalized spacial score (nSPS) is 11.2. The number of halogens is 5. The molecule has 156 valence electrons. The summed E-state index contributed by atoms with van der Waals surface area (Å²) in [5.41, 5.74) is -2.42. The van der Waals surface area contributed by atoms with Crippen LogP contribution in [0.2, 0.25) is 5.02 Å². The van der Waals surface area contributed by atoms with Crippen molar-refractivity contribution in [3.63, 3.8) is 0 Å². The Kier molecular flexibility index (Phi) is 5.65. The van der Waals surface area contributed by atoms with Gasteiger partial charge in [-0.25, -0.2) is 9.49 Å². The number of aromatic hydroxyl groups is 1. The number of ether oxygens (including phenoxy) is 1. The molecule has 12 heteroatoms. The number of aromatic amines is 1. The lowest BCUT2D eigenvalue weighted by atomic mass is 10.1. The zero-order valence-corrected chi connectivity index (χ0v) is 15.3. The lowest BCUT2D eigenvalue weighted by molar-refractivity contribution is -0.137. The summed E-state index contributed by atoms with van der Waals surface area (Å²) in [6.07, 6.45) is -3.77. The number of benzene rings is 2. The van der Waals surface area contributed by atoms with Gasteiger partial charge in [-0.15, -0.1) is 0 Å². The topological polar surface area (TPSA) is 104 Å². The number of phenols is 1. The Labute approximate surface area is 169 Å². The first-order chi connectivity index (χ1) is 14.0.